The summed E-state index contributed by atoms with van der Waals surface area (Å²) >= 11 is 3.47. The molecule has 2 amide bonds. The van der Waals surface area contributed by atoms with Crippen LogP contribution in [0.25, 0.3) is 0 Å². The maximum atomic E-state index is 12.6. The van der Waals surface area contributed by atoms with Gasteiger partial charge in [0.25, 0.3) is 11.8 Å². The fourth-order valence-electron chi connectivity index (χ4n) is 4.07. The number of hydrogen-bond acceptors (Lipinski definition) is 4. The number of fused-ring (bicyclic) bond motifs is 5. The third-order valence-electron chi connectivity index (χ3n) is 5.09. The lowest BCUT2D eigenvalue weighted by molar-refractivity contribution is -0.140. The molecule has 0 radical (unpaired) electrons. The molecule has 2 fully saturated rings. The molecule has 0 N–H and O–H groups in total. The van der Waals surface area contributed by atoms with Crippen molar-refractivity contribution in [2.75, 3.05) is 0 Å². The number of allylic oxidation sites excluding steroid dienone is 2. The predicted molar refractivity (Wildman–Crippen MR) is 97.1 cm³/mol. The largest absolute Gasteiger partial charge is 0.490 e. The second-order valence-electron chi connectivity index (χ2n) is 7.09. The van der Waals surface area contributed by atoms with Crippen molar-refractivity contribution >= 4 is 34.0 Å². The maximum Gasteiger partial charge on any atom is 0.254 e. The van der Waals surface area contributed by atoms with E-state index in [0.717, 1.165) is 27.2 Å². The first-order chi connectivity index (χ1) is 12.0. The third-order valence-corrected chi connectivity index (χ3v) is 5.71. The summed E-state index contributed by atoms with van der Waals surface area (Å²) in [7, 11) is 0. The van der Waals surface area contributed by atoms with E-state index in [9.17, 15) is 9.59 Å². The number of benzene rings is 1. The van der Waals surface area contributed by atoms with Crippen molar-refractivity contribution in [3.05, 3.63) is 40.4 Å². The Hall–Kier alpha value is -1.95. The van der Waals surface area contributed by atoms with E-state index in [1.54, 1.807) is 6.21 Å². The van der Waals surface area contributed by atoms with Gasteiger partial charge in [0.05, 0.1) is 28.6 Å². The van der Waals surface area contributed by atoms with Gasteiger partial charge < -0.3 is 4.74 Å². The van der Waals surface area contributed by atoms with Crippen molar-refractivity contribution in [3.8, 4) is 5.75 Å². The zero-order valence-corrected chi connectivity index (χ0v) is 15.6. The van der Waals surface area contributed by atoms with Gasteiger partial charge in [-0.25, -0.2) is 0 Å². The second kappa shape index (κ2) is 6.09. The maximum absolute atomic E-state index is 12.6. The van der Waals surface area contributed by atoms with Crippen LogP contribution in [0.4, 0.5) is 0 Å². The zero-order chi connectivity index (χ0) is 17.7. The summed E-state index contributed by atoms with van der Waals surface area (Å²) in [6, 6.07) is 5.55. The van der Waals surface area contributed by atoms with Gasteiger partial charge in [0, 0.05) is 0 Å². The summed E-state index contributed by atoms with van der Waals surface area (Å²) in [5.74, 6) is 0.393. The van der Waals surface area contributed by atoms with E-state index in [0.29, 0.717) is 0 Å². The molecule has 3 aliphatic rings. The van der Waals surface area contributed by atoms with Crippen LogP contribution in [0.2, 0.25) is 0 Å². The van der Waals surface area contributed by atoms with Crippen LogP contribution < -0.4 is 4.74 Å². The third kappa shape index (κ3) is 2.72. The van der Waals surface area contributed by atoms with Crippen molar-refractivity contribution in [1.29, 1.82) is 0 Å². The molecule has 1 heterocycles. The summed E-state index contributed by atoms with van der Waals surface area (Å²) in [6.45, 7) is 3.93. The van der Waals surface area contributed by atoms with Crippen LogP contribution in [0, 0.1) is 23.7 Å². The lowest BCUT2D eigenvalue weighted by atomic mass is 9.85. The number of amides is 2. The molecular formula is C19H19BrN2O3. The predicted octanol–water partition coefficient (Wildman–Crippen LogP) is 3.38. The van der Waals surface area contributed by atoms with Crippen LogP contribution in [0.3, 0.4) is 0 Å². The molecular weight excluding hydrogens is 384 g/mol. The van der Waals surface area contributed by atoms with E-state index in [1.165, 1.54) is 0 Å². The molecule has 2 aliphatic carbocycles. The van der Waals surface area contributed by atoms with Crippen molar-refractivity contribution < 1.29 is 14.3 Å². The highest BCUT2D eigenvalue weighted by Gasteiger charge is 2.59. The highest BCUT2D eigenvalue weighted by atomic mass is 79.9. The van der Waals surface area contributed by atoms with E-state index < -0.39 is 0 Å². The van der Waals surface area contributed by atoms with Crippen LogP contribution in [0.1, 0.15) is 25.8 Å². The molecule has 1 aromatic rings. The Kier molecular flexibility index (Phi) is 4.02. The van der Waals surface area contributed by atoms with Gasteiger partial charge in [-0.2, -0.15) is 10.1 Å². The summed E-state index contributed by atoms with van der Waals surface area (Å²) in [4.78, 5) is 25.2. The summed E-state index contributed by atoms with van der Waals surface area (Å²) < 4.78 is 6.48. The number of hydrazone groups is 1. The molecule has 0 spiro atoms. The highest BCUT2D eigenvalue weighted by Crippen LogP contribution is 2.52. The second-order valence-corrected chi connectivity index (χ2v) is 7.94. The van der Waals surface area contributed by atoms with E-state index in [1.807, 2.05) is 32.0 Å². The molecule has 5 nitrogen and oxygen atoms in total. The first kappa shape index (κ1) is 16.5. The Balaban J connectivity index is 1.52. The van der Waals surface area contributed by atoms with Crippen LogP contribution >= 0.6 is 15.9 Å². The summed E-state index contributed by atoms with van der Waals surface area (Å²) in [5, 5.41) is 5.25. The molecule has 1 saturated heterocycles. The minimum Gasteiger partial charge on any atom is -0.490 e. The molecule has 2 bridgehead atoms. The Morgan fingerprint density at radius 2 is 1.84 bits per heavy atom. The van der Waals surface area contributed by atoms with Crippen LogP contribution in [0.5, 0.6) is 5.75 Å². The number of hydrogen-bond donors (Lipinski definition) is 0. The standard InChI is InChI=1S/C19H19BrN2O3/c1-10(2)25-15-6-3-11(7-14(15)20)9-21-22-18(23)16-12-4-5-13(8-12)17(16)19(22)24/h3-7,9-10,12-13,16-17H,8H2,1-2H3. The van der Waals surface area contributed by atoms with Gasteiger partial charge in [0.2, 0.25) is 0 Å². The normalized spacial score (nSPS) is 30.2. The average Bonchev–Trinajstić information content (AvgIpc) is 3.23. The number of carbonyl (C=O) groups is 2. The van der Waals surface area contributed by atoms with Gasteiger partial charge in [-0.15, -0.1) is 0 Å². The Morgan fingerprint density at radius 3 is 2.40 bits per heavy atom. The van der Waals surface area contributed by atoms with Crippen molar-refractivity contribution in [3.63, 3.8) is 0 Å². The molecule has 4 rings (SSSR count). The SMILES string of the molecule is CC(C)Oc1ccc(C=NN2C(=O)C3C4C=CC(C4)C3C2=O)cc1Br. The lowest BCUT2D eigenvalue weighted by Crippen LogP contribution is -2.28. The molecule has 1 aliphatic heterocycles. The summed E-state index contributed by atoms with van der Waals surface area (Å²) in [6.07, 6.45) is 6.72. The molecule has 0 aromatic heterocycles. The first-order valence-corrected chi connectivity index (χ1v) is 9.31. The molecule has 6 heteroatoms. The van der Waals surface area contributed by atoms with Crippen molar-refractivity contribution in [2.24, 2.45) is 28.8 Å². The number of rotatable bonds is 4. The molecule has 1 saturated carbocycles. The van der Waals surface area contributed by atoms with Crippen LogP contribution in [0.15, 0.2) is 39.9 Å². The number of nitrogens with zero attached hydrogens (tertiary/aromatic N) is 2. The molecule has 4 unspecified atom stereocenters. The first-order valence-electron chi connectivity index (χ1n) is 8.52. The van der Waals surface area contributed by atoms with Crippen molar-refractivity contribution in [2.45, 2.75) is 26.4 Å². The fraction of sp³-hybridized carbons (Fsp3) is 0.421. The lowest BCUT2D eigenvalue weighted by Gasteiger charge is -2.13. The highest BCUT2D eigenvalue weighted by molar-refractivity contribution is 9.10. The van der Waals surface area contributed by atoms with Crippen LogP contribution in [-0.2, 0) is 9.59 Å². The van der Waals surface area contributed by atoms with Gasteiger partial charge in [-0.3, -0.25) is 9.59 Å². The average molecular weight is 403 g/mol. The van der Waals surface area contributed by atoms with Gasteiger partial charge in [-0.05, 0) is 71.8 Å². The zero-order valence-electron chi connectivity index (χ0n) is 14.1. The summed E-state index contributed by atoms with van der Waals surface area (Å²) in [5.41, 5.74) is 0.793. The van der Waals surface area contributed by atoms with Crippen molar-refractivity contribution in [1.82, 2.24) is 5.01 Å². The fourth-order valence-corrected chi connectivity index (χ4v) is 4.56. The molecule has 4 atom stereocenters. The Morgan fingerprint density at radius 1 is 1.20 bits per heavy atom. The quantitative estimate of drug-likeness (QED) is 0.440. The van der Waals surface area contributed by atoms with Crippen LogP contribution in [-0.4, -0.2) is 29.1 Å². The van der Waals surface area contributed by atoms with E-state index in [4.69, 9.17) is 4.74 Å². The minimum absolute atomic E-state index is 0.0825. The van der Waals surface area contributed by atoms with E-state index >= 15 is 0 Å². The van der Waals surface area contributed by atoms with Gasteiger partial charge in [-0.1, -0.05) is 12.2 Å². The number of imide groups is 1. The Bertz CT molecular complexity index is 772. The molecule has 25 heavy (non-hydrogen) atoms. The van der Waals surface area contributed by atoms with Gasteiger partial charge >= 0.3 is 0 Å². The van der Waals surface area contributed by atoms with E-state index in [-0.39, 0.29) is 41.6 Å². The van der Waals surface area contributed by atoms with E-state index in [2.05, 4.69) is 33.2 Å². The monoisotopic (exact) mass is 402 g/mol. The number of carbonyl (C=O) groups excluding carboxylic acids is 2. The molecule has 130 valence electrons. The van der Waals surface area contributed by atoms with Gasteiger partial charge in [0.15, 0.2) is 0 Å². The Labute approximate surface area is 154 Å². The smallest absolute Gasteiger partial charge is 0.254 e. The van der Waals surface area contributed by atoms with Gasteiger partial charge in [0.1, 0.15) is 5.75 Å². The number of ether oxygens (including phenoxy) is 1. The topological polar surface area (TPSA) is 59.0 Å². The minimum atomic E-state index is -0.215. The number of halogens is 1. The molecule has 1 aromatic carbocycles.